The highest BCUT2D eigenvalue weighted by atomic mass is 16.5. The molecule has 2 atom stereocenters. The van der Waals surface area contributed by atoms with E-state index in [2.05, 4.69) is 19.1 Å². The zero-order valence-electron chi connectivity index (χ0n) is 26.6. The number of hydrogen-bond donors (Lipinski definition) is 1. The zero-order chi connectivity index (χ0) is 31.8. The first kappa shape index (κ1) is 31.1. The topological polar surface area (TPSA) is 85.3 Å². The molecule has 2 unspecified atom stereocenters. The summed E-state index contributed by atoms with van der Waals surface area (Å²) >= 11 is 0. The van der Waals surface area contributed by atoms with Gasteiger partial charge >= 0.3 is 11.9 Å². The van der Waals surface area contributed by atoms with Crippen LogP contribution in [0.15, 0.2) is 89.3 Å². The van der Waals surface area contributed by atoms with Gasteiger partial charge < -0.3 is 24.2 Å². The second kappa shape index (κ2) is 12.3. The van der Waals surface area contributed by atoms with E-state index in [1.54, 1.807) is 25.1 Å². The van der Waals surface area contributed by atoms with Crippen LogP contribution in [0.3, 0.4) is 0 Å². The summed E-state index contributed by atoms with van der Waals surface area (Å²) in [5.74, 6) is -1.88. The van der Waals surface area contributed by atoms with Gasteiger partial charge in [-0.15, -0.1) is 0 Å². The molecule has 0 aromatic heterocycles. The molecule has 2 heterocycles. The monoisotopic (exact) mass is 595 g/mol. The number of carbonyl (C=O) groups excluding carboxylic acids is 2. The van der Waals surface area contributed by atoms with Crippen molar-refractivity contribution >= 4 is 17.6 Å². The molecule has 230 valence electrons. The Bertz CT molecular complexity index is 1620. The fourth-order valence-corrected chi connectivity index (χ4v) is 6.39. The van der Waals surface area contributed by atoms with Crippen molar-refractivity contribution in [2.45, 2.75) is 72.5 Å². The number of rotatable bonds is 7. The van der Waals surface area contributed by atoms with Gasteiger partial charge in [0, 0.05) is 17.8 Å². The molecule has 0 spiro atoms. The van der Waals surface area contributed by atoms with Crippen molar-refractivity contribution in [3.63, 3.8) is 0 Å². The average Bonchev–Trinajstić information content (AvgIpc) is 2.94. The lowest BCUT2D eigenvalue weighted by Gasteiger charge is -2.44. The molecular weight excluding hydrogens is 554 g/mol. The van der Waals surface area contributed by atoms with Gasteiger partial charge in [0.15, 0.2) is 0 Å². The molecule has 0 radical (unpaired) electrons. The van der Waals surface area contributed by atoms with E-state index in [1.165, 1.54) is 0 Å². The molecule has 0 saturated heterocycles. The van der Waals surface area contributed by atoms with Crippen LogP contribution in [0.4, 0.5) is 5.69 Å². The lowest BCUT2D eigenvalue weighted by atomic mass is 9.76. The summed E-state index contributed by atoms with van der Waals surface area (Å²) < 4.78 is 18.3. The SMILES string of the molecule is CCOC(=O)C1=C(COC(C)(C)C)N(c2ccccc2)C2=C(C(=O)OC(c3c(C)cc(C)cc3C)C2)C1c1cccc(O)c1. The highest BCUT2D eigenvalue weighted by molar-refractivity contribution is 6.02. The quantitative estimate of drug-likeness (QED) is 0.283. The van der Waals surface area contributed by atoms with Gasteiger partial charge in [-0.05, 0) is 95.0 Å². The van der Waals surface area contributed by atoms with Crippen LogP contribution in [0.1, 0.15) is 74.0 Å². The minimum absolute atomic E-state index is 0.0267. The summed E-state index contributed by atoms with van der Waals surface area (Å²) in [6.45, 7) is 14.0. The largest absolute Gasteiger partial charge is 0.508 e. The second-order valence-electron chi connectivity index (χ2n) is 12.5. The molecule has 2 aliphatic rings. The van der Waals surface area contributed by atoms with Crippen molar-refractivity contribution in [2.24, 2.45) is 0 Å². The molecule has 3 aromatic carbocycles. The molecule has 0 saturated carbocycles. The van der Waals surface area contributed by atoms with Gasteiger partial charge in [0.25, 0.3) is 0 Å². The Kier molecular flexibility index (Phi) is 8.71. The molecule has 7 heteroatoms. The van der Waals surface area contributed by atoms with E-state index >= 15 is 0 Å². The predicted molar refractivity (Wildman–Crippen MR) is 170 cm³/mol. The molecule has 2 aliphatic heterocycles. The molecule has 0 amide bonds. The summed E-state index contributed by atoms with van der Waals surface area (Å²) in [5.41, 5.74) is 7.01. The van der Waals surface area contributed by atoms with Crippen LogP contribution in [0.25, 0.3) is 0 Å². The van der Waals surface area contributed by atoms with Gasteiger partial charge in [0.1, 0.15) is 11.9 Å². The summed E-state index contributed by atoms with van der Waals surface area (Å²) in [4.78, 5) is 30.3. The van der Waals surface area contributed by atoms with Crippen molar-refractivity contribution in [1.82, 2.24) is 0 Å². The van der Waals surface area contributed by atoms with Crippen molar-refractivity contribution < 1.29 is 28.9 Å². The number of ether oxygens (including phenoxy) is 3. The molecule has 1 N–H and O–H groups in total. The average molecular weight is 596 g/mol. The second-order valence-corrected chi connectivity index (χ2v) is 12.5. The number of nitrogens with zero attached hydrogens (tertiary/aromatic N) is 1. The van der Waals surface area contributed by atoms with Crippen molar-refractivity contribution in [3.8, 4) is 5.75 Å². The predicted octanol–water partition coefficient (Wildman–Crippen LogP) is 7.50. The first-order valence-electron chi connectivity index (χ1n) is 15.1. The van der Waals surface area contributed by atoms with E-state index in [9.17, 15) is 14.7 Å². The van der Waals surface area contributed by atoms with Gasteiger partial charge in [-0.25, -0.2) is 9.59 Å². The van der Waals surface area contributed by atoms with Gasteiger partial charge in [0.05, 0.1) is 41.6 Å². The number of benzene rings is 3. The minimum Gasteiger partial charge on any atom is -0.508 e. The lowest BCUT2D eigenvalue weighted by Crippen LogP contribution is -2.42. The summed E-state index contributed by atoms with van der Waals surface area (Å²) in [6.07, 6.45) is -0.155. The van der Waals surface area contributed by atoms with Gasteiger partial charge in [-0.1, -0.05) is 48.0 Å². The Balaban J connectivity index is 1.81. The fourth-order valence-electron chi connectivity index (χ4n) is 6.39. The molecule has 44 heavy (non-hydrogen) atoms. The number of esters is 2. The molecule has 5 rings (SSSR count). The number of hydrogen-bond acceptors (Lipinski definition) is 7. The fraction of sp³-hybridized carbons (Fsp3) is 0.351. The Labute approximate surface area is 259 Å². The smallest absolute Gasteiger partial charge is 0.337 e. The third-order valence-corrected chi connectivity index (χ3v) is 8.00. The number of anilines is 1. The maximum absolute atomic E-state index is 14.3. The number of cyclic esters (lactones) is 1. The first-order valence-corrected chi connectivity index (χ1v) is 15.1. The standard InChI is InChI=1S/C37H41NO6/c1-8-42-35(40)34-29(21-43-37(5,6)7)38(26-14-10-9-11-15-26)28-20-30(31-23(3)17-22(2)18-24(31)4)44-36(41)33(28)32(34)25-13-12-16-27(39)19-25/h9-19,30,32,39H,8,20-21H2,1-7H3. The Morgan fingerprint density at radius 3 is 2.30 bits per heavy atom. The maximum Gasteiger partial charge on any atom is 0.337 e. The van der Waals surface area contributed by atoms with Crippen LogP contribution < -0.4 is 4.90 Å². The summed E-state index contributed by atoms with van der Waals surface area (Å²) in [7, 11) is 0. The lowest BCUT2D eigenvalue weighted by molar-refractivity contribution is -0.146. The highest BCUT2D eigenvalue weighted by Crippen LogP contribution is 2.50. The Morgan fingerprint density at radius 2 is 1.68 bits per heavy atom. The van der Waals surface area contributed by atoms with Crippen LogP contribution in [0.5, 0.6) is 5.75 Å². The van der Waals surface area contributed by atoms with Crippen molar-refractivity contribution in [2.75, 3.05) is 18.1 Å². The van der Waals surface area contributed by atoms with E-state index in [-0.39, 0.29) is 24.5 Å². The van der Waals surface area contributed by atoms with E-state index < -0.39 is 29.6 Å². The van der Waals surface area contributed by atoms with E-state index in [0.29, 0.717) is 23.3 Å². The number of phenols is 1. The Hall–Kier alpha value is -4.36. The molecule has 0 fully saturated rings. The normalized spacial score (nSPS) is 18.7. The molecule has 0 bridgehead atoms. The third-order valence-electron chi connectivity index (χ3n) is 8.00. The first-order chi connectivity index (χ1) is 20.9. The number of para-hydroxylation sites is 1. The number of aryl methyl sites for hydroxylation is 3. The molecular formula is C37H41NO6. The number of aromatic hydroxyl groups is 1. The van der Waals surface area contributed by atoms with Crippen LogP contribution >= 0.6 is 0 Å². The molecule has 3 aromatic rings. The van der Waals surface area contributed by atoms with Gasteiger partial charge in [-0.2, -0.15) is 0 Å². The summed E-state index contributed by atoms with van der Waals surface area (Å²) in [5, 5.41) is 10.5. The third kappa shape index (κ3) is 6.15. The zero-order valence-corrected chi connectivity index (χ0v) is 26.6. The maximum atomic E-state index is 14.3. The van der Waals surface area contributed by atoms with Crippen LogP contribution in [0, 0.1) is 20.8 Å². The Morgan fingerprint density at radius 1 is 1.00 bits per heavy atom. The molecule has 0 aliphatic carbocycles. The number of phenolic OH excluding ortho intramolecular Hbond substituents is 1. The van der Waals surface area contributed by atoms with Gasteiger partial charge in [0.2, 0.25) is 0 Å². The van der Waals surface area contributed by atoms with Crippen molar-refractivity contribution in [3.05, 3.63) is 117 Å². The van der Waals surface area contributed by atoms with E-state index in [0.717, 1.165) is 33.6 Å². The van der Waals surface area contributed by atoms with Crippen LogP contribution in [0.2, 0.25) is 0 Å². The van der Waals surface area contributed by atoms with Crippen molar-refractivity contribution in [1.29, 1.82) is 0 Å². The number of carbonyl (C=O) groups is 2. The highest BCUT2D eigenvalue weighted by Gasteiger charge is 2.47. The van der Waals surface area contributed by atoms with E-state index in [4.69, 9.17) is 14.2 Å². The molecule has 7 nitrogen and oxygen atoms in total. The van der Waals surface area contributed by atoms with Gasteiger partial charge in [-0.3, -0.25) is 0 Å². The van der Waals surface area contributed by atoms with Crippen LogP contribution in [-0.4, -0.2) is 35.9 Å². The van der Waals surface area contributed by atoms with Crippen LogP contribution in [-0.2, 0) is 23.8 Å². The summed E-state index contributed by atoms with van der Waals surface area (Å²) in [6, 6.07) is 20.6. The minimum atomic E-state index is -0.844. The van der Waals surface area contributed by atoms with E-state index in [1.807, 2.05) is 75.9 Å².